The predicted molar refractivity (Wildman–Crippen MR) is 68.5 cm³/mol. The van der Waals surface area contributed by atoms with Gasteiger partial charge in [-0.2, -0.15) is 0 Å². The standard InChI is InChI=1S/C14H28O2/c1-3-5-7-9-14(16)11-10-13(12-15)8-6-4-2/h12-14,16H,3-11H2,1-2H3. The quantitative estimate of drug-likeness (QED) is 0.432. The van der Waals surface area contributed by atoms with Gasteiger partial charge in [-0.25, -0.2) is 0 Å². The number of carbonyl (C=O) groups excluding carboxylic acids is 1. The summed E-state index contributed by atoms with van der Waals surface area (Å²) < 4.78 is 0. The fourth-order valence-electron chi connectivity index (χ4n) is 1.93. The van der Waals surface area contributed by atoms with Crippen LogP contribution < -0.4 is 0 Å². The molecule has 2 nitrogen and oxygen atoms in total. The van der Waals surface area contributed by atoms with Gasteiger partial charge in [0.25, 0.3) is 0 Å². The van der Waals surface area contributed by atoms with E-state index in [1.54, 1.807) is 0 Å². The molecule has 1 N–H and O–H groups in total. The van der Waals surface area contributed by atoms with Crippen molar-refractivity contribution in [2.24, 2.45) is 5.92 Å². The van der Waals surface area contributed by atoms with E-state index in [0.29, 0.717) is 0 Å². The summed E-state index contributed by atoms with van der Waals surface area (Å²) in [7, 11) is 0. The minimum atomic E-state index is -0.198. The number of hydrogen-bond donors (Lipinski definition) is 1. The van der Waals surface area contributed by atoms with Gasteiger partial charge in [-0.15, -0.1) is 0 Å². The molecule has 0 aliphatic rings. The second-order valence-corrected chi connectivity index (χ2v) is 4.77. The van der Waals surface area contributed by atoms with Gasteiger partial charge in [-0.05, 0) is 25.7 Å². The van der Waals surface area contributed by atoms with E-state index in [1.165, 1.54) is 12.8 Å². The maximum atomic E-state index is 10.8. The second kappa shape index (κ2) is 11.1. The zero-order valence-electron chi connectivity index (χ0n) is 11.0. The van der Waals surface area contributed by atoms with E-state index in [2.05, 4.69) is 13.8 Å². The summed E-state index contributed by atoms with van der Waals surface area (Å²) in [4.78, 5) is 10.8. The highest BCUT2D eigenvalue weighted by molar-refractivity contribution is 5.53. The highest BCUT2D eigenvalue weighted by Crippen LogP contribution is 2.16. The Balaban J connectivity index is 3.53. The van der Waals surface area contributed by atoms with Crippen molar-refractivity contribution in [2.45, 2.75) is 77.7 Å². The molecular formula is C14H28O2. The summed E-state index contributed by atoms with van der Waals surface area (Å²) in [6, 6.07) is 0. The van der Waals surface area contributed by atoms with Gasteiger partial charge in [0.1, 0.15) is 6.29 Å². The molecule has 0 saturated carbocycles. The number of rotatable bonds is 11. The molecule has 0 aliphatic heterocycles. The number of unbranched alkanes of at least 4 members (excludes halogenated alkanes) is 3. The summed E-state index contributed by atoms with van der Waals surface area (Å²) in [6.07, 6.45) is 10.2. The molecule has 2 atom stereocenters. The van der Waals surface area contributed by atoms with E-state index >= 15 is 0 Å². The van der Waals surface area contributed by atoms with E-state index in [9.17, 15) is 9.90 Å². The second-order valence-electron chi connectivity index (χ2n) is 4.77. The maximum absolute atomic E-state index is 10.8. The third-order valence-electron chi connectivity index (χ3n) is 3.13. The molecule has 0 aliphatic carbocycles. The van der Waals surface area contributed by atoms with Crippen LogP contribution in [0.3, 0.4) is 0 Å². The van der Waals surface area contributed by atoms with Gasteiger partial charge in [-0.1, -0.05) is 46.0 Å². The maximum Gasteiger partial charge on any atom is 0.123 e. The van der Waals surface area contributed by atoms with Crippen LogP contribution in [0, 0.1) is 5.92 Å². The molecular weight excluding hydrogens is 200 g/mol. The molecule has 96 valence electrons. The molecule has 2 heteroatoms. The van der Waals surface area contributed by atoms with Crippen LogP contribution in [0.25, 0.3) is 0 Å². The van der Waals surface area contributed by atoms with Crippen molar-refractivity contribution in [1.29, 1.82) is 0 Å². The normalized spacial score (nSPS) is 14.7. The van der Waals surface area contributed by atoms with Crippen molar-refractivity contribution in [2.75, 3.05) is 0 Å². The summed E-state index contributed by atoms with van der Waals surface area (Å²) in [6.45, 7) is 4.31. The Labute approximate surface area is 100 Å². The lowest BCUT2D eigenvalue weighted by molar-refractivity contribution is -0.111. The first-order valence-electron chi connectivity index (χ1n) is 6.87. The monoisotopic (exact) mass is 228 g/mol. The average molecular weight is 228 g/mol. The fourth-order valence-corrected chi connectivity index (χ4v) is 1.93. The zero-order valence-corrected chi connectivity index (χ0v) is 11.0. The molecule has 0 spiro atoms. The van der Waals surface area contributed by atoms with Crippen LogP contribution in [-0.2, 0) is 4.79 Å². The van der Waals surface area contributed by atoms with Gasteiger partial charge < -0.3 is 9.90 Å². The summed E-state index contributed by atoms with van der Waals surface area (Å²) in [5.41, 5.74) is 0. The number of aldehydes is 1. The molecule has 0 heterocycles. The number of hydrogen-bond acceptors (Lipinski definition) is 2. The Morgan fingerprint density at radius 1 is 0.938 bits per heavy atom. The first-order valence-corrected chi connectivity index (χ1v) is 6.87. The van der Waals surface area contributed by atoms with Crippen molar-refractivity contribution in [3.05, 3.63) is 0 Å². The first-order chi connectivity index (χ1) is 7.74. The van der Waals surface area contributed by atoms with Crippen LogP contribution in [0.15, 0.2) is 0 Å². The Bertz CT molecular complexity index is 157. The smallest absolute Gasteiger partial charge is 0.123 e. The molecule has 0 radical (unpaired) electrons. The molecule has 0 bridgehead atoms. The fraction of sp³-hybridized carbons (Fsp3) is 0.929. The van der Waals surface area contributed by atoms with Crippen molar-refractivity contribution in [3.8, 4) is 0 Å². The van der Waals surface area contributed by atoms with E-state index in [1.807, 2.05) is 0 Å². The van der Waals surface area contributed by atoms with Gasteiger partial charge in [0.2, 0.25) is 0 Å². The van der Waals surface area contributed by atoms with Crippen LogP contribution in [0.5, 0.6) is 0 Å². The summed E-state index contributed by atoms with van der Waals surface area (Å²) in [5.74, 6) is 0.167. The zero-order chi connectivity index (χ0) is 12.2. The molecule has 16 heavy (non-hydrogen) atoms. The van der Waals surface area contributed by atoms with Gasteiger partial charge in [0, 0.05) is 5.92 Å². The van der Waals surface area contributed by atoms with Gasteiger partial charge in [-0.3, -0.25) is 0 Å². The number of aliphatic hydroxyl groups excluding tert-OH is 1. The molecule has 0 aromatic rings. The van der Waals surface area contributed by atoms with Crippen LogP contribution in [-0.4, -0.2) is 17.5 Å². The lowest BCUT2D eigenvalue weighted by atomic mass is 9.95. The van der Waals surface area contributed by atoms with Crippen LogP contribution in [0.1, 0.15) is 71.6 Å². The van der Waals surface area contributed by atoms with Gasteiger partial charge in [0.05, 0.1) is 6.10 Å². The summed E-state index contributed by atoms with van der Waals surface area (Å²) in [5, 5.41) is 9.73. The minimum Gasteiger partial charge on any atom is -0.393 e. The van der Waals surface area contributed by atoms with Crippen molar-refractivity contribution >= 4 is 6.29 Å². The van der Waals surface area contributed by atoms with Crippen molar-refractivity contribution in [1.82, 2.24) is 0 Å². The predicted octanol–water partition coefficient (Wildman–Crippen LogP) is 3.71. The average Bonchev–Trinajstić information content (AvgIpc) is 2.30. The molecule has 0 amide bonds. The molecule has 0 saturated heterocycles. The molecule has 0 rings (SSSR count). The van der Waals surface area contributed by atoms with E-state index in [0.717, 1.165) is 51.2 Å². The van der Waals surface area contributed by atoms with E-state index < -0.39 is 0 Å². The van der Waals surface area contributed by atoms with Crippen molar-refractivity contribution < 1.29 is 9.90 Å². The largest absolute Gasteiger partial charge is 0.393 e. The third kappa shape index (κ3) is 8.90. The molecule has 0 fully saturated rings. The van der Waals surface area contributed by atoms with Gasteiger partial charge >= 0.3 is 0 Å². The highest BCUT2D eigenvalue weighted by Gasteiger charge is 2.10. The Morgan fingerprint density at radius 2 is 1.62 bits per heavy atom. The Kier molecular flexibility index (Phi) is 10.9. The lowest BCUT2D eigenvalue weighted by Crippen LogP contribution is -2.11. The topological polar surface area (TPSA) is 37.3 Å². The van der Waals surface area contributed by atoms with Crippen LogP contribution >= 0.6 is 0 Å². The minimum absolute atomic E-state index is 0.167. The molecule has 0 aromatic heterocycles. The SMILES string of the molecule is CCCCCC(O)CCC(C=O)CCCC. The van der Waals surface area contributed by atoms with Crippen molar-refractivity contribution in [3.63, 3.8) is 0 Å². The van der Waals surface area contributed by atoms with Crippen LogP contribution in [0.4, 0.5) is 0 Å². The number of carbonyl (C=O) groups is 1. The van der Waals surface area contributed by atoms with E-state index in [-0.39, 0.29) is 12.0 Å². The highest BCUT2D eigenvalue weighted by atomic mass is 16.3. The number of aliphatic hydroxyl groups is 1. The van der Waals surface area contributed by atoms with Crippen LogP contribution in [0.2, 0.25) is 0 Å². The molecule has 0 aromatic carbocycles. The molecule has 2 unspecified atom stereocenters. The lowest BCUT2D eigenvalue weighted by Gasteiger charge is -2.13. The van der Waals surface area contributed by atoms with E-state index in [4.69, 9.17) is 0 Å². The Morgan fingerprint density at radius 3 is 2.19 bits per heavy atom. The first kappa shape index (κ1) is 15.6. The third-order valence-corrected chi connectivity index (χ3v) is 3.13. The van der Waals surface area contributed by atoms with Gasteiger partial charge in [0.15, 0.2) is 0 Å². The summed E-state index contributed by atoms with van der Waals surface area (Å²) >= 11 is 0. The Hall–Kier alpha value is -0.370.